The molecule has 0 aliphatic heterocycles. The fraction of sp³-hybridized carbons (Fsp3) is 0. The van der Waals surface area contributed by atoms with Gasteiger partial charge < -0.3 is 9.13 Å². The lowest BCUT2D eigenvalue weighted by atomic mass is 9.95. The Morgan fingerprint density at radius 1 is 0.380 bits per heavy atom. The van der Waals surface area contributed by atoms with Crippen molar-refractivity contribution in [3.05, 3.63) is 168 Å². The van der Waals surface area contributed by atoms with E-state index < -0.39 is 0 Å². The molecule has 0 bridgehead atoms. The van der Waals surface area contributed by atoms with Crippen LogP contribution in [0.2, 0.25) is 0 Å². The number of hydrogen-bond donors (Lipinski definition) is 0. The zero-order chi connectivity index (χ0) is 33.8. The van der Waals surface area contributed by atoms with Gasteiger partial charge in [-0.05, 0) is 89.5 Å². The Balaban J connectivity index is 1.14. The second-order valence-electron chi connectivity index (χ2n) is 12.3. The smallest absolute Gasteiger partial charge is 0.0998 e. The first-order chi connectivity index (χ1) is 24.7. The standard InChI is InChI=1S/C45H25N5/c46-26-29-12-22-42-38(24-29)39-25-30(27-47)13-23-43(39)50(42)44-11-5-6-34(28-48)45(44)33-16-14-31(15-17-33)32-18-20-35(21-19-32)49-40-9-3-1-7-36(40)37-8-2-4-10-41(37)49/h1-25H. The highest BCUT2D eigenvalue weighted by atomic mass is 15.0. The normalized spacial score (nSPS) is 11.1. The summed E-state index contributed by atoms with van der Waals surface area (Å²) in [6, 6.07) is 57.9. The highest BCUT2D eigenvalue weighted by Gasteiger charge is 2.19. The van der Waals surface area contributed by atoms with E-state index in [1.54, 1.807) is 12.1 Å². The van der Waals surface area contributed by atoms with E-state index in [9.17, 15) is 15.8 Å². The SMILES string of the molecule is N#Cc1ccc2c(c1)c1cc(C#N)ccc1n2-c1cccc(C#N)c1-c1ccc(-c2ccc(-n3c4ccccc4c4ccccc43)cc2)cc1. The van der Waals surface area contributed by atoms with Crippen molar-refractivity contribution in [2.24, 2.45) is 0 Å². The Hall–Kier alpha value is -7.39. The maximum absolute atomic E-state index is 10.3. The molecule has 0 atom stereocenters. The average molecular weight is 636 g/mol. The van der Waals surface area contributed by atoms with Crippen LogP contribution in [0.15, 0.2) is 152 Å². The van der Waals surface area contributed by atoms with Gasteiger partial charge >= 0.3 is 0 Å². The summed E-state index contributed by atoms with van der Waals surface area (Å²) in [6.45, 7) is 0. The molecule has 0 amide bonds. The third-order valence-corrected chi connectivity index (χ3v) is 9.64. The van der Waals surface area contributed by atoms with Crippen LogP contribution in [0.4, 0.5) is 0 Å². The highest BCUT2D eigenvalue weighted by molar-refractivity contribution is 6.11. The number of nitriles is 3. The molecule has 9 aromatic rings. The van der Waals surface area contributed by atoms with Crippen LogP contribution in [-0.4, -0.2) is 9.13 Å². The number of aromatic nitrogens is 2. The molecule has 9 rings (SSSR count). The van der Waals surface area contributed by atoms with Crippen LogP contribution in [0.5, 0.6) is 0 Å². The Labute approximate surface area is 287 Å². The molecule has 0 fully saturated rings. The molecular formula is C45H25N5. The first kappa shape index (κ1) is 28.8. The van der Waals surface area contributed by atoms with Crippen molar-refractivity contribution in [3.63, 3.8) is 0 Å². The molecule has 0 aliphatic rings. The third-order valence-electron chi connectivity index (χ3n) is 9.64. The molecule has 50 heavy (non-hydrogen) atoms. The molecule has 0 N–H and O–H groups in total. The molecule has 230 valence electrons. The lowest BCUT2D eigenvalue weighted by Crippen LogP contribution is -1.99. The molecule has 0 saturated carbocycles. The van der Waals surface area contributed by atoms with E-state index in [1.165, 1.54) is 21.8 Å². The van der Waals surface area contributed by atoms with E-state index in [4.69, 9.17) is 0 Å². The highest BCUT2D eigenvalue weighted by Crippen LogP contribution is 2.39. The lowest BCUT2D eigenvalue weighted by Gasteiger charge is -2.16. The minimum atomic E-state index is 0.545. The number of para-hydroxylation sites is 2. The van der Waals surface area contributed by atoms with Crippen LogP contribution >= 0.6 is 0 Å². The van der Waals surface area contributed by atoms with Crippen molar-refractivity contribution in [2.75, 3.05) is 0 Å². The first-order valence-electron chi connectivity index (χ1n) is 16.3. The van der Waals surface area contributed by atoms with E-state index in [-0.39, 0.29) is 0 Å². The van der Waals surface area contributed by atoms with Crippen molar-refractivity contribution < 1.29 is 0 Å². The number of hydrogen-bond acceptors (Lipinski definition) is 3. The van der Waals surface area contributed by atoms with Crippen LogP contribution in [0, 0.1) is 34.0 Å². The summed E-state index contributed by atoms with van der Waals surface area (Å²) in [7, 11) is 0. The fourth-order valence-corrected chi connectivity index (χ4v) is 7.38. The quantitative estimate of drug-likeness (QED) is 0.193. The van der Waals surface area contributed by atoms with E-state index in [2.05, 4.69) is 124 Å². The molecule has 5 nitrogen and oxygen atoms in total. The van der Waals surface area contributed by atoms with E-state index in [0.29, 0.717) is 16.7 Å². The Bertz CT molecular complexity index is 2810. The molecule has 7 aromatic carbocycles. The molecule has 2 aromatic heterocycles. The molecule has 0 saturated heterocycles. The molecule has 0 radical (unpaired) electrons. The average Bonchev–Trinajstić information content (AvgIpc) is 3.69. The van der Waals surface area contributed by atoms with Crippen molar-refractivity contribution >= 4 is 43.6 Å². The van der Waals surface area contributed by atoms with Crippen LogP contribution in [0.3, 0.4) is 0 Å². The van der Waals surface area contributed by atoms with E-state index in [0.717, 1.165) is 55.4 Å². The van der Waals surface area contributed by atoms with E-state index in [1.807, 2.05) is 42.5 Å². The Morgan fingerprint density at radius 3 is 1.42 bits per heavy atom. The van der Waals surface area contributed by atoms with Gasteiger partial charge in [0.25, 0.3) is 0 Å². The van der Waals surface area contributed by atoms with Crippen molar-refractivity contribution in [2.45, 2.75) is 0 Å². The van der Waals surface area contributed by atoms with Gasteiger partial charge in [-0.15, -0.1) is 0 Å². The monoisotopic (exact) mass is 635 g/mol. The van der Waals surface area contributed by atoms with Crippen molar-refractivity contribution in [1.82, 2.24) is 9.13 Å². The predicted molar refractivity (Wildman–Crippen MR) is 200 cm³/mol. The summed E-state index contributed by atoms with van der Waals surface area (Å²) in [5, 5.41) is 33.8. The summed E-state index contributed by atoms with van der Waals surface area (Å²) in [6.07, 6.45) is 0. The topological polar surface area (TPSA) is 81.2 Å². The van der Waals surface area contributed by atoms with Gasteiger partial charge in [0, 0.05) is 32.8 Å². The minimum Gasteiger partial charge on any atom is -0.309 e. The number of rotatable bonds is 4. The van der Waals surface area contributed by atoms with Gasteiger partial charge in [0.05, 0.1) is 62.7 Å². The Kier molecular flexibility index (Phi) is 6.56. The third kappa shape index (κ3) is 4.38. The van der Waals surface area contributed by atoms with Gasteiger partial charge in [-0.3, -0.25) is 0 Å². The van der Waals surface area contributed by atoms with Crippen LogP contribution in [-0.2, 0) is 0 Å². The first-order valence-corrected chi connectivity index (χ1v) is 16.3. The van der Waals surface area contributed by atoms with E-state index >= 15 is 0 Å². The summed E-state index contributed by atoms with van der Waals surface area (Å²) in [4.78, 5) is 0. The zero-order valence-corrected chi connectivity index (χ0v) is 26.7. The molecule has 2 heterocycles. The molecular weight excluding hydrogens is 611 g/mol. The fourth-order valence-electron chi connectivity index (χ4n) is 7.38. The maximum atomic E-state index is 10.3. The van der Waals surface area contributed by atoms with Gasteiger partial charge in [0.1, 0.15) is 0 Å². The summed E-state index contributed by atoms with van der Waals surface area (Å²) in [5.74, 6) is 0. The predicted octanol–water partition coefficient (Wildman–Crippen LogP) is 10.8. The molecule has 0 spiro atoms. The van der Waals surface area contributed by atoms with Crippen LogP contribution in [0.1, 0.15) is 16.7 Å². The van der Waals surface area contributed by atoms with Gasteiger partial charge in [-0.1, -0.05) is 78.9 Å². The number of fused-ring (bicyclic) bond motifs is 6. The molecule has 0 aliphatic carbocycles. The Morgan fingerprint density at radius 2 is 0.880 bits per heavy atom. The molecule has 5 heteroatoms. The lowest BCUT2D eigenvalue weighted by molar-refractivity contribution is 1.18. The summed E-state index contributed by atoms with van der Waals surface area (Å²) >= 11 is 0. The van der Waals surface area contributed by atoms with Gasteiger partial charge in [0.2, 0.25) is 0 Å². The largest absolute Gasteiger partial charge is 0.309 e. The second-order valence-corrected chi connectivity index (χ2v) is 12.3. The summed E-state index contributed by atoms with van der Waals surface area (Å²) < 4.78 is 4.44. The zero-order valence-electron chi connectivity index (χ0n) is 26.7. The van der Waals surface area contributed by atoms with Gasteiger partial charge in [-0.25, -0.2) is 0 Å². The number of nitrogens with zero attached hydrogens (tertiary/aromatic N) is 5. The van der Waals surface area contributed by atoms with Gasteiger partial charge in [0.15, 0.2) is 0 Å². The second kappa shape index (κ2) is 11.4. The minimum absolute atomic E-state index is 0.545. The number of benzene rings is 7. The summed E-state index contributed by atoms with van der Waals surface area (Å²) in [5.41, 5.74) is 11.6. The maximum Gasteiger partial charge on any atom is 0.0998 e. The molecule has 0 unspecified atom stereocenters. The van der Waals surface area contributed by atoms with Crippen LogP contribution in [0.25, 0.3) is 77.2 Å². The van der Waals surface area contributed by atoms with Crippen molar-refractivity contribution in [3.8, 4) is 51.8 Å². The van der Waals surface area contributed by atoms with Crippen molar-refractivity contribution in [1.29, 1.82) is 15.8 Å². The van der Waals surface area contributed by atoms with Crippen LogP contribution < -0.4 is 0 Å². The van der Waals surface area contributed by atoms with Gasteiger partial charge in [-0.2, -0.15) is 15.8 Å².